The van der Waals surface area contributed by atoms with Crippen molar-refractivity contribution in [3.05, 3.63) is 94.3 Å². The summed E-state index contributed by atoms with van der Waals surface area (Å²) < 4.78 is 73.9. The summed E-state index contributed by atoms with van der Waals surface area (Å²) in [6.45, 7) is 7.12. The summed E-state index contributed by atoms with van der Waals surface area (Å²) in [5.41, 5.74) is 7.27. The van der Waals surface area contributed by atoms with Crippen molar-refractivity contribution in [1.82, 2.24) is 0 Å². The van der Waals surface area contributed by atoms with Crippen LogP contribution in [-0.2, 0) is 26.8 Å². The number of hydrogen-bond acceptors (Lipinski definition) is 7. The minimum absolute atomic E-state index is 0.207. The highest BCUT2D eigenvalue weighted by Crippen LogP contribution is 2.42. The molecule has 46 heavy (non-hydrogen) atoms. The normalized spacial score (nSPS) is 14.7. The van der Waals surface area contributed by atoms with Crippen LogP contribution >= 0.6 is 11.3 Å². The number of unbranched alkanes of at least 4 members (excludes halogenated alkanes) is 1. The minimum atomic E-state index is -4.12. The molecule has 5 rings (SSSR count). The van der Waals surface area contributed by atoms with E-state index in [1.165, 1.54) is 5.56 Å². The molecule has 0 amide bonds. The van der Waals surface area contributed by atoms with Gasteiger partial charge in [-0.2, -0.15) is 21.4 Å². The molecule has 4 aromatic rings. The third kappa shape index (κ3) is 8.42. The van der Waals surface area contributed by atoms with E-state index in [4.69, 9.17) is 4.74 Å². The summed E-state index contributed by atoms with van der Waals surface area (Å²) in [4.78, 5) is 1.96. The van der Waals surface area contributed by atoms with Crippen molar-refractivity contribution >= 4 is 53.6 Å². The SMILES string of the molecule is CCC(=C/c1sc2cc(C)c(C)cc2[n+]1CCCCS(=O)(=O)O)/C=C1\Oc2ccc(-c3ccccc3)cc2N1CCCS(=O)(=O)O. The van der Waals surface area contributed by atoms with Crippen molar-refractivity contribution in [2.24, 2.45) is 0 Å². The van der Waals surface area contributed by atoms with Crippen LogP contribution in [0.1, 0.15) is 48.7 Å². The predicted octanol–water partition coefficient (Wildman–Crippen LogP) is 6.95. The molecule has 0 bridgehead atoms. The Morgan fingerprint density at radius 3 is 2.28 bits per heavy atom. The largest absolute Gasteiger partial charge is 0.439 e. The van der Waals surface area contributed by atoms with E-state index in [1.807, 2.05) is 59.5 Å². The standard InChI is InChI=1S/C34H38N2O7S3/c1-4-26(22-34-36(15-8-9-17-45(37,38)39)30-19-24(2)25(3)20-32(30)44-34)21-33-35(16-10-18-46(40,41)42)29-23-28(13-14-31(29)43-33)27-11-6-5-7-12-27/h5-7,11-14,19-23H,4,8-10,15-18H2,1-3H3,(H-,37,38,39,40,41,42)/p+1. The Balaban J connectivity index is 1.52. The summed E-state index contributed by atoms with van der Waals surface area (Å²) >= 11 is 1.66. The molecule has 0 unspecified atom stereocenters. The second-order valence-corrected chi connectivity index (χ2v) is 15.7. The average molecular weight is 684 g/mol. The molecule has 0 atom stereocenters. The van der Waals surface area contributed by atoms with E-state index in [9.17, 15) is 25.9 Å². The van der Waals surface area contributed by atoms with E-state index in [-0.39, 0.29) is 17.9 Å². The summed E-state index contributed by atoms with van der Waals surface area (Å²) in [7, 11) is -8.14. The van der Waals surface area contributed by atoms with Gasteiger partial charge in [0, 0.05) is 31.2 Å². The van der Waals surface area contributed by atoms with Gasteiger partial charge in [0.2, 0.25) is 11.4 Å². The van der Waals surface area contributed by atoms with Gasteiger partial charge in [0.25, 0.3) is 25.2 Å². The Labute approximate surface area is 275 Å². The lowest BCUT2D eigenvalue weighted by atomic mass is 10.0. The highest BCUT2D eigenvalue weighted by molar-refractivity contribution is 7.86. The van der Waals surface area contributed by atoms with Gasteiger partial charge in [-0.05, 0) is 79.1 Å². The number of fused-ring (bicyclic) bond motifs is 2. The van der Waals surface area contributed by atoms with E-state index in [2.05, 4.69) is 43.5 Å². The zero-order chi connectivity index (χ0) is 33.1. The van der Waals surface area contributed by atoms with Crippen LogP contribution in [0.4, 0.5) is 5.69 Å². The van der Waals surface area contributed by atoms with Crippen molar-refractivity contribution in [3.8, 4) is 16.9 Å². The van der Waals surface area contributed by atoms with Gasteiger partial charge in [0.15, 0.2) is 12.3 Å². The predicted molar refractivity (Wildman–Crippen MR) is 184 cm³/mol. The Bertz CT molecular complexity index is 2020. The molecular formula is C34H39N2O7S3+. The minimum Gasteiger partial charge on any atom is -0.439 e. The number of hydrogen-bond donors (Lipinski definition) is 2. The lowest BCUT2D eigenvalue weighted by Crippen LogP contribution is -2.35. The van der Waals surface area contributed by atoms with Gasteiger partial charge < -0.3 is 9.64 Å². The fraction of sp³-hybridized carbons (Fsp3) is 0.324. The van der Waals surface area contributed by atoms with E-state index in [1.54, 1.807) is 11.3 Å². The van der Waals surface area contributed by atoms with E-state index >= 15 is 0 Å². The Morgan fingerprint density at radius 1 is 0.891 bits per heavy atom. The van der Waals surface area contributed by atoms with Gasteiger partial charge in [-0.1, -0.05) is 54.7 Å². The molecule has 0 aliphatic carbocycles. The molecular weight excluding hydrogens is 645 g/mol. The van der Waals surface area contributed by atoms with Gasteiger partial charge >= 0.3 is 0 Å². The van der Waals surface area contributed by atoms with Crippen LogP contribution < -0.4 is 14.2 Å². The quantitative estimate of drug-likeness (QED) is 0.0881. The molecule has 244 valence electrons. The van der Waals surface area contributed by atoms with Crippen molar-refractivity contribution in [2.75, 3.05) is 23.0 Å². The van der Waals surface area contributed by atoms with E-state index in [0.717, 1.165) is 43.2 Å². The van der Waals surface area contributed by atoms with Gasteiger partial charge in [-0.15, -0.1) is 0 Å². The number of benzene rings is 3. The van der Waals surface area contributed by atoms with Crippen molar-refractivity contribution in [2.45, 2.75) is 53.0 Å². The molecule has 0 saturated carbocycles. The van der Waals surface area contributed by atoms with E-state index < -0.39 is 20.2 Å². The van der Waals surface area contributed by atoms with Gasteiger partial charge in [0.05, 0.1) is 17.2 Å². The molecule has 0 saturated heterocycles. The Kier molecular flexibility index (Phi) is 10.3. The molecule has 2 heterocycles. The third-order valence-electron chi connectivity index (χ3n) is 8.03. The van der Waals surface area contributed by atoms with Crippen LogP contribution in [0, 0.1) is 13.8 Å². The molecule has 12 heteroatoms. The summed E-state index contributed by atoms with van der Waals surface area (Å²) in [6, 6.07) is 20.2. The van der Waals surface area contributed by atoms with E-state index in [0.29, 0.717) is 44.0 Å². The first-order chi connectivity index (χ1) is 21.8. The second kappa shape index (κ2) is 14.1. The Morgan fingerprint density at radius 2 is 1.59 bits per heavy atom. The second-order valence-electron chi connectivity index (χ2n) is 11.5. The zero-order valence-corrected chi connectivity index (χ0v) is 28.6. The zero-order valence-electron chi connectivity index (χ0n) is 26.1. The number of rotatable bonds is 13. The first-order valence-corrected chi connectivity index (χ1v) is 19.3. The number of aryl methyl sites for hydroxylation is 3. The van der Waals surface area contributed by atoms with Crippen LogP contribution in [0.15, 0.2) is 78.2 Å². The number of allylic oxidation sites excluding steroid dienone is 2. The molecule has 0 radical (unpaired) electrons. The van der Waals surface area contributed by atoms with Crippen molar-refractivity contribution < 1.29 is 35.2 Å². The van der Waals surface area contributed by atoms with Crippen LogP contribution in [0.2, 0.25) is 0 Å². The van der Waals surface area contributed by atoms with Gasteiger partial charge in [-0.3, -0.25) is 9.11 Å². The number of anilines is 1. The summed E-state index contributed by atoms with van der Waals surface area (Å²) in [5.74, 6) is 0.591. The van der Waals surface area contributed by atoms with Crippen molar-refractivity contribution in [3.63, 3.8) is 0 Å². The number of aromatic nitrogens is 1. The summed E-state index contributed by atoms with van der Waals surface area (Å²) in [5, 5.41) is 1.00. The maximum Gasteiger partial charge on any atom is 0.264 e. The first-order valence-electron chi connectivity index (χ1n) is 15.2. The molecule has 1 aliphatic heterocycles. The number of ether oxygens (including phenoxy) is 1. The maximum absolute atomic E-state index is 11.5. The smallest absolute Gasteiger partial charge is 0.264 e. The highest BCUT2D eigenvalue weighted by Gasteiger charge is 2.28. The average Bonchev–Trinajstić information content (AvgIpc) is 3.50. The van der Waals surface area contributed by atoms with Gasteiger partial charge in [-0.25, -0.2) is 0 Å². The monoisotopic (exact) mass is 683 g/mol. The van der Waals surface area contributed by atoms with Crippen LogP contribution in [0.3, 0.4) is 0 Å². The lowest BCUT2D eigenvalue weighted by Gasteiger charge is -2.19. The molecule has 1 aromatic heterocycles. The molecule has 0 fully saturated rings. The fourth-order valence-corrected chi connectivity index (χ4v) is 7.77. The first kappa shape index (κ1) is 33.8. The molecule has 9 nitrogen and oxygen atoms in total. The maximum atomic E-state index is 11.5. The van der Waals surface area contributed by atoms with Gasteiger partial charge in [0.1, 0.15) is 4.70 Å². The summed E-state index contributed by atoms with van der Waals surface area (Å²) in [6.07, 6.45) is 5.90. The van der Waals surface area contributed by atoms with Crippen LogP contribution in [-0.4, -0.2) is 44.0 Å². The topological polar surface area (TPSA) is 125 Å². The molecule has 1 aliphatic rings. The van der Waals surface area contributed by atoms with Crippen molar-refractivity contribution in [1.29, 1.82) is 0 Å². The highest BCUT2D eigenvalue weighted by atomic mass is 32.2. The number of nitrogens with zero attached hydrogens (tertiary/aromatic N) is 2. The molecule has 2 N–H and O–H groups in total. The van der Waals surface area contributed by atoms with Crippen LogP contribution in [0.5, 0.6) is 5.75 Å². The molecule has 3 aromatic carbocycles. The van der Waals surface area contributed by atoms with Crippen LogP contribution in [0.25, 0.3) is 27.4 Å². The third-order valence-corrected chi connectivity index (χ3v) is 10.7. The molecule has 0 spiro atoms. The Hall–Kier alpha value is -3.55. The lowest BCUT2D eigenvalue weighted by molar-refractivity contribution is -0.669. The number of thiazole rings is 1. The fourth-order valence-electron chi connectivity index (χ4n) is 5.46.